The van der Waals surface area contributed by atoms with Crippen molar-refractivity contribution in [2.45, 2.75) is 173 Å². The minimum atomic E-state index is -1.50. The lowest BCUT2D eigenvalue weighted by Crippen LogP contribution is -2.66. The number of hydrogen-bond acceptors (Lipinski definition) is 10. The number of carboxylic acids is 2. The maximum absolute atomic E-state index is 14.4. The van der Waals surface area contributed by atoms with Crippen LogP contribution in [-0.4, -0.2) is 118 Å². The lowest BCUT2D eigenvalue weighted by Gasteiger charge is -2.64. The zero-order valence-electron chi connectivity index (χ0n) is 35.1. The van der Waals surface area contributed by atoms with Crippen LogP contribution in [0.5, 0.6) is 0 Å². The molecular weight excluding hydrogens is 751 g/mol. The summed E-state index contributed by atoms with van der Waals surface area (Å²) in [4.78, 5) is 92.6. The molecule has 0 aromatic rings. The summed E-state index contributed by atoms with van der Waals surface area (Å²) in [6, 6.07) is -5.99. The molecule has 6 aliphatic rings. The van der Waals surface area contributed by atoms with Crippen molar-refractivity contribution in [2.75, 3.05) is 6.54 Å². The third kappa shape index (κ3) is 9.33. The summed E-state index contributed by atoms with van der Waals surface area (Å²) in [5.74, 6) is -5.80. The first-order chi connectivity index (χ1) is 27.1. The fraction of sp³-hybridized carbons (Fsp3) is 0.825. The van der Waals surface area contributed by atoms with Crippen molar-refractivity contribution in [3.8, 4) is 0 Å². The van der Waals surface area contributed by atoms with Crippen molar-refractivity contribution in [2.24, 2.45) is 34.8 Å². The molecule has 324 valence electrons. The Bertz CT molecular complexity index is 1600. The molecule has 0 aromatic heterocycles. The highest BCUT2D eigenvalue weighted by Gasteiger charge is 2.70. The Labute approximate surface area is 341 Å². The number of carboxylic acid groups (broad SMARTS) is 2. The second kappa shape index (κ2) is 17.8. The van der Waals surface area contributed by atoms with E-state index in [1.165, 1.54) is 4.90 Å². The van der Waals surface area contributed by atoms with Crippen molar-refractivity contribution in [1.29, 1.82) is 0 Å². The van der Waals surface area contributed by atoms with Gasteiger partial charge in [0.05, 0.1) is 29.6 Å². The second-order valence-corrected chi connectivity index (χ2v) is 18.9. The van der Waals surface area contributed by atoms with Crippen molar-refractivity contribution < 1.29 is 53.1 Å². The molecule has 18 heteroatoms. The lowest BCUT2D eigenvalue weighted by molar-refractivity contribution is -0.199. The summed E-state index contributed by atoms with van der Waals surface area (Å²) in [5, 5.41) is 29.3. The van der Waals surface area contributed by atoms with Crippen molar-refractivity contribution in [3.63, 3.8) is 0 Å². The number of carbonyl (C=O) groups is 7. The largest absolute Gasteiger partial charge is 0.485 e. The van der Waals surface area contributed by atoms with Crippen LogP contribution in [0.3, 0.4) is 0 Å². The number of carbonyl (C=O) groups excluding carboxylic acids is 5. The van der Waals surface area contributed by atoms with E-state index in [2.05, 4.69) is 42.0 Å². The molecule has 0 spiro atoms. The number of nitrogens with two attached hydrogens (primary N) is 1. The fourth-order valence-electron chi connectivity index (χ4n) is 10.2. The minimum absolute atomic E-state index is 0.0408. The Balaban J connectivity index is 1.27. The third-order valence-corrected chi connectivity index (χ3v) is 13.8. The van der Waals surface area contributed by atoms with Crippen LogP contribution in [0.25, 0.3) is 0 Å². The molecule has 8 N–H and O–H groups in total. The molecule has 58 heavy (non-hydrogen) atoms. The molecule has 2 saturated heterocycles. The number of rotatable bonds is 17. The van der Waals surface area contributed by atoms with E-state index < -0.39 is 109 Å². The predicted octanol–water partition coefficient (Wildman–Crippen LogP) is 1.50. The first kappa shape index (κ1) is 45.3. The van der Waals surface area contributed by atoms with Gasteiger partial charge in [-0.2, -0.15) is 0 Å². The van der Waals surface area contributed by atoms with Crippen LogP contribution >= 0.6 is 0 Å². The van der Waals surface area contributed by atoms with Gasteiger partial charge in [0.2, 0.25) is 29.5 Å². The molecule has 0 unspecified atom stereocenters. The number of nitrogens with zero attached hydrogens (tertiary/aromatic N) is 1. The highest BCUT2D eigenvalue weighted by atomic mass is 16.7. The molecule has 17 nitrogen and oxygen atoms in total. The van der Waals surface area contributed by atoms with Crippen LogP contribution in [0.1, 0.15) is 126 Å². The maximum Gasteiger partial charge on any atom is 0.485 e. The SMILES string of the molecule is CC(C)[C@H](NC(=O)[C@H](CCC(=O)O)NC(=O)[C@@H](N)CC(=O)O)C(=O)N[C@H](C(=O)N1CCC[C@H]1C(=O)NC1(B2O[C@@H]3C[C@@H]4C[C@@H](C4(C)C)[C@]3(C)O2)CCCCC1)C(C)C. The van der Waals surface area contributed by atoms with Gasteiger partial charge in [0.1, 0.15) is 24.2 Å². The highest BCUT2D eigenvalue weighted by Crippen LogP contribution is 2.66. The molecule has 0 radical (unpaired) electrons. The van der Waals surface area contributed by atoms with Gasteiger partial charge in [-0.25, -0.2) is 0 Å². The molecule has 4 aliphatic carbocycles. The Morgan fingerprint density at radius 3 is 2.05 bits per heavy atom. The standard InChI is InChI=1S/C40H65BN6O11/c1-21(2)31(44-34(53)25(13-14-29(48)49)43-33(52)24(42)20-30(50)51)36(55)45-32(22(3)4)37(56)47-17-11-12-26(47)35(54)46-40(15-9-8-10-16-40)41-57-28-19-23-18-27(38(23,5)6)39(28,7)58-41/h21-28,31-32H,8-20,42H2,1-7H3,(H,43,52)(H,44,53)(H,45,55)(H,46,54)(H,48,49)(H,50,51)/t23-,24-,25-,26-,27-,28+,31-,32-,39-/m0/s1. The molecule has 5 amide bonds. The van der Waals surface area contributed by atoms with E-state index in [0.29, 0.717) is 44.1 Å². The quantitative estimate of drug-likeness (QED) is 0.103. The van der Waals surface area contributed by atoms with Gasteiger partial charge in [0.25, 0.3) is 0 Å². The van der Waals surface area contributed by atoms with Crippen LogP contribution in [-0.2, 0) is 42.9 Å². The lowest BCUT2D eigenvalue weighted by atomic mass is 9.43. The fourth-order valence-corrected chi connectivity index (χ4v) is 10.2. The van der Waals surface area contributed by atoms with Crippen molar-refractivity contribution >= 4 is 48.6 Å². The normalized spacial score (nSPS) is 29.0. The van der Waals surface area contributed by atoms with Crippen LogP contribution in [0.15, 0.2) is 0 Å². The molecule has 0 aromatic carbocycles. The van der Waals surface area contributed by atoms with Crippen LogP contribution < -0.4 is 27.0 Å². The summed E-state index contributed by atoms with van der Waals surface area (Å²) in [7, 11) is -0.600. The van der Waals surface area contributed by atoms with E-state index in [-0.39, 0.29) is 23.8 Å². The zero-order valence-corrected chi connectivity index (χ0v) is 35.1. The third-order valence-electron chi connectivity index (χ3n) is 13.8. The molecule has 2 aliphatic heterocycles. The van der Waals surface area contributed by atoms with Gasteiger partial charge in [0.15, 0.2) is 0 Å². The highest BCUT2D eigenvalue weighted by molar-refractivity contribution is 6.50. The van der Waals surface area contributed by atoms with E-state index >= 15 is 0 Å². The van der Waals surface area contributed by atoms with E-state index in [1.807, 2.05) is 0 Å². The molecule has 9 atom stereocenters. The summed E-state index contributed by atoms with van der Waals surface area (Å²) < 4.78 is 13.7. The van der Waals surface area contributed by atoms with E-state index in [0.717, 1.165) is 32.1 Å². The van der Waals surface area contributed by atoms with Gasteiger partial charge in [-0.1, -0.05) is 60.8 Å². The van der Waals surface area contributed by atoms with Gasteiger partial charge < -0.3 is 51.4 Å². The van der Waals surface area contributed by atoms with Gasteiger partial charge in [-0.3, -0.25) is 33.6 Å². The van der Waals surface area contributed by atoms with E-state index in [4.69, 9.17) is 20.1 Å². The molecule has 6 fully saturated rings. The molecule has 2 bridgehead atoms. The molecular formula is C40H65BN6O11. The molecule has 2 heterocycles. The van der Waals surface area contributed by atoms with Gasteiger partial charge in [0, 0.05) is 13.0 Å². The number of hydrogen-bond donors (Lipinski definition) is 7. The average molecular weight is 817 g/mol. The maximum atomic E-state index is 14.4. The summed E-state index contributed by atoms with van der Waals surface area (Å²) in [5.41, 5.74) is 4.65. The van der Waals surface area contributed by atoms with Gasteiger partial charge in [-0.15, -0.1) is 0 Å². The number of aliphatic carboxylic acids is 2. The number of nitrogens with one attached hydrogen (secondary N) is 4. The average Bonchev–Trinajstić information content (AvgIpc) is 3.79. The first-order valence-corrected chi connectivity index (χ1v) is 21.2. The molecule has 4 saturated carbocycles. The Hall–Kier alpha value is -3.77. The zero-order chi connectivity index (χ0) is 42.9. The summed E-state index contributed by atoms with van der Waals surface area (Å²) in [6.45, 7) is 14.0. The monoisotopic (exact) mass is 816 g/mol. The van der Waals surface area contributed by atoms with E-state index in [1.54, 1.807) is 27.7 Å². The number of likely N-dealkylation sites (tertiary alicyclic amines) is 1. The second-order valence-electron chi connectivity index (χ2n) is 18.9. The van der Waals surface area contributed by atoms with Crippen LogP contribution in [0.4, 0.5) is 0 Å². The minimum Gasteiger partial charge on any atom is -0.481 e. The summed E-state index contributed by atoms with van der Waals surface area (Å²) in [6.07, 6.45) is 5.73. The van der Waals surface area contributed by atoms with Crippen LogP contribution in [0, 0.1) is 29.1 Å². The van der Waals surface area contributed by atoms with Crippen LogP contribution in [0.2, 0.25) is 0 Å². The Morgan fingerprint density at radius 1 is 0.828 bits per heavy atom. The van der Waals surface area contributed by atoms with Gasteiger partial charge >= 0.3 is 19.1 Å². The smallest absolute Gasteiger partial charge is 0.481 e. The molecule has 6 rings (SSSR count). The van der Waals surface area contributed by atoms with Crippen molar-refractivity contribution in [3.05, 3.63) is 0 Å². The van der Waals surface area contributed by atoms with Gasteiger partial charge in [-0.05, 0) is 81.0 Å². The number of amides is 5. The Morgan fingerprint density at radius 2 is 1.47 bits per heavy atom. The van der Waals surface area contributed by atoms with Crippen molar-refractivity contribution in [1.82, 2.24) is 26.2 Å². The predicted molar refractivity (Wildman–Crippen MR) is 211 cm³/mol. The Kier molecular flexibility index (Phi) is 13.9. The van der Waals surface area contributed by atoms with E-state index in [9.17, 15) is 38.7 Å². The topological polar surface area (TPSA) is 256 Å². The first-order valence-electron chi connectivity index (χ1n) is 21.2. The summed E-state index contributed by atoms with van der Waals surface area (Å²) >= 11 is 0.